The fourth-order valence-electron chi connectivity index (χ4n) is 2.96. The molecule has 0 fully saturated rings. The lowest BCUT2D eigenvalue weighted by atomic mass is 10.0. The van der Waals surface area contributed by atoms with E-state index in [2.05, 4.69) is 0 Å². The van der Waals surface area contributed by atoms with Crippen LogP contribution in [0.1, 0.15) is 5.56 Å². The minimum Gasteiger partial charge on any atom is -0.448 e. The summed E-state index contributed by atoms with van der Waals surface area (Å²) < 4.78 is 60.2. The van der Waals surface area contributed by atoms with Gasteiger partial charge in [-0.3, -0.25) is 14.9 Å². The molecule has 7 nitrogen and oxygen atoms in total. The number of nitrogen functional groups attached to an aromatic ring is 1. The molecule has 0 aliphatic rings. The van der Waals surface area contributed by atoms with Crippen LogP contribution < -0.4 is 16.1 Å². The van der Waals surface area contributed by atoms with E-state index in [1.165, 1.54) is 20.2 Å². The van der Waals surface area contributed by atoms with Crippen molar-refractivity contribution in [3.63, 3.8) is 0 Å². The van der Waals surface area contributed by atoms with Crippen molar-refractivity contribution in [1.29, 1.82) is 0 Å². The lowest BCUT2D eigenvalue weighted by molar-refractivity contribution is -0.382. The Hall–Kier alpha value is -3.63. The third kappa shape index (κ3) is 3.46. The Morgan fingerprint density at radius 1 is 1.17 bits per heavy atom. The lowest BCUT2D eigenvalue weighted by Crippen LogP contribution is -2.18. The molecule has 2 aromatic carbocycles. The van der Waals surface area contributed by atoms with Gasteiger partial charge in [0.05, 0.1) is 21.6 Å². The van der Waals surface area contributed by atoms with Gasteiger partial charge in [0.25, 0.3) is 0 Å². The van der Waals surface area contributed by atoms with Crippen LogP contribution in [0.4, 0.5) is 34.6 Å². The van der Waals surface area contributed by atoms with Crippen molar-refractivity contribution >= 4 is 28.0 Å². The second-order valence-electron chi connectivity index (χ2n) is 6.36. The van der Waals surface area contributed by atoms with Gasteiger partial charge in [0, 0.05) is 25.7 Å². The Morgan fingerprint density at radius 3 is 2.38 bits per heavy atom. The quantitative estimate of drug-likeness (QED) is 0.300. The average Bonchev–Trinajstić information content (AvgIpc) is 2.58. The van der Waals surface area contributed by atoms with Crippen molar-refractivity contribution in [3.8, 4) is 11.3 Å². The molecule has 2 N–H and O–H groups in total. The molecule has 0 radical (unpaired) electrons. The van der Waals surface area contributed by atoms with Crippen molar-refractivity contribution in [2.24, 2.45) is 0 Å². The summed E-state index contributed by atoms with van der Waals surface area (Å²) in [5.74, 6) is -1.67. The number of fused-ring (bicyclic) bond motifs is 1. The summed E-state index contributed by atoms with van der Waals surface area (Å²) in [6.07, 6.45) is -4.90. The van der Waals surface area contributed by atoms with E-state index in [1.807, 2.05) is 0 Å². The molecule has 0 unspecified atom stereocenters. The van der Waals surface area contributed by atoms with Gasteiger partial charge in [-0.15, -0.1) is 0 Å². The van der Waals surface area contributed by atoms with Crippen LogP contribution in [-0.2, 0) is 6.18 Å². The zero-order chi connectivity index (χ0) is 21.7. The number of nitrogens with zero attached hydrogens (tertiary/aromatic N) is 2. The van der Waals surface area contributed by atoms with Gasteiger partial charge in [-0.2, -0.15) is 13.2 Å². The van der Waals surface area contributed by atoms with Gasteiger partial charge in [-0.05, 0) is 24.3 Å². The van der Waals surface area contributed by atoms with Gasteiger partial charge in [0.15, 0.2) is 5.43 Å². The summed E-state index contributed by atoms with van der Waals surface area (Å²) >= 11 is 0. The highest BCUT2D eigenvalue weighted by Gasteiger charge is 2.36. The molecule has 0 saturated carbocycles. The molecular formula is C18H13F4N3O4. The molecule has 0 aliphatic heterocycles. The number of hydrogen-bond acceptors (Lipinski definition) is 6. The van der Waals surface area contributed by atoms with Crippen LogP contribution in [0.5, 0.6) is 0 Å². The third-order valence-electron chi connectivity index (χ3n) is 4.19. The average molecular weight is 411 g/mol. The van der Waals surface area contributed by atoms with E-state index in [9.17, 15) is 32.5 Å². The first-order valence-corrected chi connectivity index (χ1v) is 8.01. The summed E-state index contributed by atoms with van der Waals surface area (Å²) in [7, 11) is 2.49. The number of rotatable bonds is 3. The molecule has 0 saturated heterocycles. The first-order chi connectivity index (χ1) is 13.4. The number of halogens is 4. The van der Waals surface area contributed by atoms with Crippen LogP contribution in [0, 0.1) is 15.9 Å². The maximum absolute atomic E-state index is 14.5. The van der Waals surface area contributed by atoms with E-state index in [-0.39, 0.29) is 11.1 Å². The van der Waals surface area contributed by atoms with Gasteiger partial charge in [0.1, 0.15) is 17.3 Å². The van der Waals surface area contributed by atoms with E-state index in [4.69, 9.17) is 10.2 Å². The number of nitrogens with two attached hydrogens (primary N) is 1. The largest absolute Gasteiger partial charge is 0.448 e. The molecule has 0 spiro atoms. The van der Waals surface area contributed by atoms with E-state index < -0.39 is 56.2 Å². The molecule has 1 aromatic heterocycles. The zero-order valence-corrected chi connectivity index (χ0v) is 15.0. The van der Waals surface area contributed by atoms with E-state index in [0.29, 0.717) is 6.07 Å². The predicted molar refractivity (Wildman–Crippen MR) is 98.3 cm³/mol. The smallest absolute Gasteiger partial charge is 0.418 e. The van der Waals surface area contributed by atoms with Crippen molar-refractivity contribution < 1.29 is 26.9 Å². The van der Waals surface area contributed by atoms with Gasteiger partial charge in [-0.25, -0.2) is 4.39 Å². The second-order valence-corrected chi connectivity index (χ2v) is 6.36. The summed E-state index contributed by atoms with van der Waals surface area (Å²) in [5, 5.41) is 11.1. The molecule has 152 valence electrons. The fourth-order valence-corrected chi connectivity index (χ4v) is 2.96. The standard InChI is InChI=1S/C18H13F4N3O4/c1-24(2)15-10(18(20,21)22)5-8(6-11(15)19)14-7-13(26)9-3-4-12(23)16(25(27)28)17(9)29-14/h3-7H,23H2,1-2H3. The van der Waals surface area contributed by atoms with Crippen LogP contribution >= 0.6 is 0 Å². The topological polar surface area (TPSA) is 103 Å². The summed E-state index contributed by atoms with van der Waals surface area (Å²) in [5.41, 5.74) is 0.907. The van der Waals surface area contributed by atoms with E-state index in [0.717, 1.165) is 23.1 Å². The molecule has 3 rings (SSSR count). The molecule has 1 heterocycles. The minimum atomic E-state index is -4.90. The molecule has 0 bridgehead atoms. The Balaban J connectivity index is 2.37. The SMILES string of the molecule is CN(C)c1c(F)cc(-c2cc(=O)c3ccc(N)c([N+](=O)[O-])c3o2)cc1C(F)(F)F. The number of nitro groups is 1. The third-order valence-corrected chi connectivity index (χ3v) is 4.19. The normalized spacial score (nSPS) is 11.7. The molecule has 29 heavy (non-hydrogen) atoms. The number of benzene rings is 2. The maximum Gasteiger partial charge on any atom is 0.418 e. The van der Waals surface area contributed by atoms with Crippen molar-refractivity contribution in [2.45, 2.75) is 6.18 Å². The second kappa shape index (κ2) is 6.76. The first kappa shape index (κ1) is 20.1. The first-order valence-electron chi connectivity index (χ1n) is 8.01. The zero-order valence-electron chi connectivity index (χ0n) is 15.0. The Bertz CT molecular complexity index is 1200. The number of alkyl halides is 3. The summed E-state index contributed by atoms with van der Waals surface area (Å²) in [6, 6.07) is 4.55. The van der Waals surface area contributed by atoms with Crippen molar-refractivity contribution in [2.75, 3.05) is 24.7 Å². The summed E-state index contributed by atoms with van der Waals surface area (Å²) in [6.45, 7) is 0. The number of hydrogen-bond donors (Lipinski definition) is 1. The van der Waals surface area contributed by atoms with E-state index >= 15 is 0 Å². The van der Waals surface area contributed by atoms with Gasteiger partial charge < -0.3 is 15.1 Å². The lowest BCUT2D eigenvalue weighted by Gasteiger charge is -2.21. The van der Waals surface area contributed by atoms with Gasteiger partial charge in [-0.1, -0.05) is 0 Å². The highest BCUT2D eigenvalue weighted by molar-refractivity contribution is 5.92. The van der Waals surface area contributed by atoms with E-state index in [1.54, 1.807) is 0 Å². The van der Waals surface area contributed by atoms with Crippen LogP contribution in [0.3, 0.4) is 0 Å². The van der Waals surface area contributed by atoms with Crippen molar-refractivity contribution in [3.05, 3.63) is 62.1 Å². The number of anilines is 2. The highest BCUT2D eigenvalue weighted by Crippen LogP contribution is 2.41. The van der Waals surface area contributed by atoms with Crippen LogP contribution in [0.15, 0.2) is 39.5 Å². The van der Waals surface area contributed by atoms with Crippen molar-refractivity contribution in [1.82, 2.24) is 0 Å². The highest BCUT2D eigenvalue weighted by atomic mass is 19.4. The number of nitro benzene ring substituents is 1. The molecule has 0 aliphatic carbocycles. The Labute approximate surface area is 160 Å². The van der Waals surface area contributed by atoms with Crippen LogP contribution in [0.2, 0.25) is 0 Å². The maximum atomic E-state index is 14.5. The van der Waals surface area contributed by atoms with Gasteiger partial charge >= 0.3 is 11.9 Å². The summed E-state index contributed by atoms with van der Waals surface area (Å²) in [4.78, 5) is 23.7. The molecule has 0 amide bonds. The molecule has 0 atom stereocenters. The van der Waals surface area contributed by atoms with Crippen LogP contribution in [0.25, 0.3) is 22.3 Å². The fraction of sp³-hybridized carbons (Fsp3) is 0.167. The molecule has 11 heteroatoms. The van der Waals surface area contributed by atoms with Gasteiger partial charge in [0.2, 0.25) is 5.58 Å². The Morgan fingerprint density at radius 2 is 1.83 bits per heavy atom. The Kier molecular flexibility index (Phi) is 4.69. The predicted octanol–water partition coefficient (Wildman–Crippen LogP) is 4.17. The molecule has 3 aromatic rings. The van der Waals surface area contributed by atoms with Crippen LogP contribution in [-0.4, -0.2) is 19.0 Å². The molecular weight excluding hydrogens is 398 g/mol. The minimum absolute atomic E-state index is 0.184. The monoisotopic (exact) mass is 411 g/mol.